The van der Waals surface area contributed by atoms with Gasteiger partial charge in [-0.25, -0.2) is 4.79 Å². The third-order valence-electron chi connectivity index (χ3n) is 9.18. The van der Waals surface area contributed by atoms with Crippen LogP contribution >= 0.6 is 24.0 Å². The van der Waals surface area contributed by atoms with Crippen molar-refractivity contribution in [1.29, 1.82) is 0 Å². The number of furan rings is 1. The molecule has 12 heteroatoms. The number of hydrogen-bond acceptors (Lipinski definition) is 9. The molecule has 3 unspecified atom stereocenters. The lowest BCUT2D eigenvalue weighted by Gasteiger charge is -2.30. The Labute approximate surface area is 265 Å². The highest BCUT2D eigenvalue weighted by atomic mass is 32.2. The van der Waals surface area contributed by atoms with Crippen molar-refractivity contribution in [3.63, 3.8) is 0 Å². The summed E-state index contributed by atoms with van der Waals surface area (Å²) >= 11 is 6.97. The molecule has 0 radical (unpaired) electrons. The summed E-state index contributed by atoms with van der Waals surface area (Å²) in [4.78, 5) is 41.5. The zero-order valence-electron chi connectivity index (χ0n) is 24.5. The number of thiocarbonyl (C=S) groups is 1. The minimum Gasteiger partial charge on any atom is -0.497 e. The molecule has 1 aromatic heterocycles. The van der Waals surface area contributed by atoms with Gasteiger partial charge in [-0.3, -0.25) is 14.5 Å². The number of amides is 2. The first kappa shape index (κ1) is 30.7. The highest BCUT2D eigenvalue weighted by Gasteiger charge is 2.48. The summed E-state index contributed by atoms with van der Waals surface area (Å²) in [5.41, 5.74) is 1.48. The summed E-state index contributed by atoms with van der Waals surface area (Å²) in [5.74, 6) is 1.60. The first-order valence-electron chi connectivity index (χ1n) is 15.1. The van der Waals surface area contributed by atoms with Gasteiger partial charge < -0.3 is 29.0 Å². The number of thioether (sulfide) groups is 1. The molecular weight excluding hydrogens is 604 g/mol. The van der Waals surface area contributed by atoms with Crippen molar-refractivity contribution < 1.29 is 38.5 Å². The van der Waals surface area contributed by atoms with Crippen molar-refractivity contribution in [2.24, 2.45) is 11.8 Å². The van der Waals surface area contributed by atoms with E-state index in [4.69, 9.17) is 26.1 Å². The molecule has 2 aliphatic carbocycles. The topological polar surface area (TPSA) is 130 Å². The van der Waals surface area contributed by atoms with Crippen molar-refractivity contribution >= 4 is 52.2 Å². The number of methoxy groups -OCH3 is 1. The van der Waals surface area contributed by atoms with E-state index in [-0.39, 0.29) is 25.2 Å². The lowest BCUT2D eigenvalue weighted by atomic mass is 9.94. The highest BCUT2D eigenvalue weighted by molar-refractivity contribution is 8.26. The molecule has 1 aromatic carbocycles. The summed E-state index contributed by atoms with van der Waals surface area (Å²) in [5, 5.41) is 18.9. The zero-order valence-corrected chi connectivity index (χ0v) is 26.2. The van der Waals surface area contributed by atoms with Crippen molar-refractivity contribution in [3.8, 4) is 22.8 Å². The highest BCUT2D eigenvalue weighted by Crippen LogP contribution is 2.49. The zero-order chi connectivity index (χ0) is 31.0. The number of nitrogens with zero attached hydrogens (tertiary/aromatic N) is 2. The summed E-state index contributed by atoms with van der Waals surface area (Å²) in [7, 11) is 1.52. The van der Waals surface area contributed by atoms with Crippen LogP contribution in [0.5, 0.6) is 11.5 Å². The molecule has 6 rings (SSSR count). The third kappa shape index (κ3) is 6.12. The molecule has 4 fully saturated rings. The predicted molar refractivity (Wildman–Crippen MR) is 168 cm³/mol. The Morgan fingerprint density at radius 3 is 2.68 bits per heavy atom. The summed E-state index contributed by atoms with van der Waals surface area (Å²) in [6, 6.07) is 6.37. The summed E-state index contributed by atoms with van der Waals surface area (Å²) in [6.07, 6.45) is 8.47. The van der Waals surface area contributed by atoms with Crippen LogP contribution in [0.25, 0.3) is 17.4 Å². The maximum atomic E-state index is 13.6. The van der Waals surface area contributed by atoms with Gasteiger partial charge in [-0.05, 0) is 80.5 Å². The number of carbonyl (C=O) groups excluding carboxylic acids is 2. The first-order valence-corrected chi connectivity index (χ1v) is 16.3. The number of rotatable bonds is 11. The molecule has 234 valence electrons. The normalized spacial score (nSPS) is 25.5. The number of benzene rings is 1. The number of aliphatic carboxylic acids is 1. The average Bonchev–Trinajstić information content (AvgIpc) is 3.85. The quantitative estimate of drug-likeness (QED) is 0.263. The van der Waals surface area contributed by atoms with E-state index in [1.54, 1.807) is 24.3 Å². The Kier molecular flexibility index (Phi) is 9.02. The van der Waals surface area contributed by atoms with E-state index < -0.39 is 17.9 Å². The Bertz CT molecular complexity index is 1500. The molecule has 2 aromatic rings. The van der Waals surface area contributed by atoms with E-state index >= 15 is 0 Å². The molecule has 2 N–H and O–H groups in total. The molecule has 4 aliphatic rings. The molecular formula is C32H36N2O8S2. The molecule has 3 heterocycles. The van der Waals surface area contributed by atoms with Gasteiger partial charge in [0.05, 0.1) is 12.0 Å². The fourth-order valence-corrected chi connectivity index (χ4v) is 8.39. The van der Waals surface area contributed by atoms with Crippen molar-refractivity contribution in [2.45, 2.75) is 63.5 Å². The molecule has 2 saturated heterocycles. The maximum absolute atomic E-state index is 13.6. The summed E-state index contributed by atoms with van der Waals surface area (Å²) < 4.78 is 18.2. The number of hydrogen-bond donors (Lipinski definition) is 2. The number of aliphatic hydroxyl groups excluding tert-OH is 1. The van der Waals surface area contributed by atoms with E-state index in [0.717, 1.165) is 18.4 Å². The largest absolute Gasteiger partial charge is 0.497 e. The van der Waals surface area contributed by atoms with Gasteiger partial charge in [0.25, 0.3) is 11.8 Å². The Morgan fingerprint density at radius 1 is 1.16 bits per heavy atom. The molecule has 2 bridgehead atoms. The van der Waals surface area contributed by atoms with Gasteiger partial charge in [-0.1, -0.05) is 30.4 Å². The fraction of sp³-hybridized carbons (Fsp3) is 0.500. The number of carboxylic acid groups (broad SMARTS) is 1. The van der Waals surface area contributed by atoms with Gasteiger partial charge in [-0.2, -0.15) is 0 Å². The molecule has 2 aliphatic heterocycles. The number of fused-ring (bicyclic) bond motifs is 2. The van der Waals surface area contributed by atoms with Crippen molar-refractivity contribution in [2.75, 3.05) is 26.9 Å². The average molecular weight is 641 g/mol. The monoisotopic (exact) mass is 640 g/mol. The lowest BCUT2D eigenvalue weighted by Crippen LogP contribution is -2.42. The van der Waals surface area contributed by atoms with Crippen LogP contribution in [0, 0.1) is 11.8 Å². The Hall–Kier alpha value is -3.35. The second kappa shape index (κ2) is 12.9. The molecule has 2 amide bonds. The minimum absolute atomic E-state index is 0.0111. The van der Waals surface area contributed by atoms with Crippen LogP contribution in [0.2, 0.25) is 0 Å². The van der Waals surface area contributed by atoms with Gasteiger partial charge in [0, 0.05) is 36.9 Å². The van der Waals surface area contributed by atoms with E-state index in [2.05, 4.69) is 0 Å². The number of aliphatic hydroxyl groups is 1. The van der Waals surface area contributed by atoms with Gasteiger partial charge in [0.15, 0.2) is 6.61 Å². The van der Waals surface area contributed by atoms with Crippen LogP contribution in [0.15, 0.2) is 33.6 Å². The van der Waals surface area contributed by atoms with Crippen LogP contribution in [0.4, 0.5) is 0 Å². The molecule has 2 saturated carbocycles. The van der Waals surface area contributed by atoms with Crippen LogP contribution < -0.4 is 9.47 Å². The number of carboxylic acids is 1. The Morgan fingerprint density at radius 2 is 1.98 bits per heavy atom. The van der Waals surface area contributed by atoms with Crippen molar-refractivity contribution in [3.05, 3.63) is 40.5 Å². The van der Waals surface area contributed by atoms with E-state index in [1.165, 1.54) is 36.6 Å². The Balaban J connectivity index is 1.24. The third-order valence-corrected chi connectivity index (χ3v) is 10.5. The molecule has 0 spiro atoms. The number of ether oxygens (including phenoxy) is 2. The second-order valence-electron chi connectivity index (χ2n) is 11.9. The minimum atomic E-state index is -1.02. The van der Waals surface area contributed by atoms with Crippen LogP contribution in [-0.4, -0.2) is 81.1 Å². The maximum Gasteiger partial charge on any atom is 0.326 e. The fourth-order valence-electron chi connectivity index (χ4n) is 7.05. The van der Waals surface area contributed by atoms with Crippen LogP contribution in [0.1, 0.15) is 56.3 Å². The van der Waals surface area contributed by atoms with Gasteiger partial charge >= 0.3 is 5.97 Å². The van der Waals surface area contributed by atoms with Gasteiger partial charge in [-0.15, -0.1) is 0 Å². The van der Waals surface area contributed by atoms with Crippen LogP contribution in [-0.2, 0) is 20.8 Å². The predicted octanol–water partition coefficient (Wildman–Crippen LogP) is 4.72. The number of carbonyl (C=O) groups is 3. The summed E-state index contributed by atoms with van der Waals surface area (Å²) in [6.45, 7) is 0.0814. The smallest absolute Gasteiger partial charge is 0.326 e. The molecule has 4 atom stereocenters. The van der Waals surface area contributed by atoms with E-state index in [1.807, 2.05) is 11.0 Å². The van der Waals surface area contributed by atoms with Crippen molar-refractivity contribution in [1.82, 2.24) is 9.80 Å². The number of aryl methyl sites for hydroxylation is 1. The molecule has 10 nitrogen and oxygen atoms in total. The lowest BCUT2D eigenvalue weighted by molar-refractivity contribution is -0.148. The van der Waals surface area contributed by atoms with E-state index in [9.17, 15) is 24.6 Å². The van der Waals surface area contributed by atoms with Gasteiger partial charge in [0.1, 0.15) is 33.4 Å². The number of likely N-dealkylation sites (tertiary alicyclic amines) is 1. The SMILES string of the molecule is COc1cc(OCC(=O)N2CCC[C@H]2C(=O)O)cc(-c2cc(CCCO)c(C=C3SC(=S)N(C4CC5CCC4C5)C3=O)o2)c1. The van der Waals surface area contributed by atoms with Gasteiger partial charge in [0.2, 0.25) is 0 Å². The van der Waals surface area contributed by atoms with E-state index in [0.29, 0.717) is 81.9 Å². The molecule has 44 heavy (non-hydrogen) atoms. The van der Waals surface area contributed by atoms with Crippen LogP contribution in [0.3, 0.4) is 0 Å². The first-order chi connectivity index (χ1) is 21.2. The standard InChI is InChI=1S/C32H36N2O8S2/c1-40-22-12-21(13-23(15-22)41-17-29(36)33-8-2-5-24(33)31(38)39)26-14-20(4-3-9-35)27(42-26)16-28-30(37)34(32(43)44-28)25-11-18-6-7-19(25)10-18/h12-16,18-19,24-25,35H,2-11,17H2,1H3,(H,38,39)/t18?,19?,24-,25?/m0/s1. The second-order valence-corrected chi connectivity index (χ2v) is 13.6.